The summed E-state index contributed by atoms with van der Waals surface area (Å²) in [6, 6.07) is 13.9. The number of hydrogen-bond acceptors (Lipinski definition) is 4. The minimum atomic E-state index is 0.180. The lowest BCUT2D eigenvalue weighted by Gasteiger charge is -2.22. The molecule has 0 radical (unpaired) electrons. The topological polar surface area (TPSA) is 52.2 Å². The third-order valence-corrected chi connectivity index (χ3v) is 3.29. The van der Waals surface area contributed by atoms with E-state index in [0.29, 0.717) is 6.54 Å². The predicted octanol–water partition coefficient (Wildman–Crippen LogP) is 2.54. The van der Waals surface area contributed by atoms with Gasteiger partial charge < -0.3 is 9.73 Å². The van der Waals surface area contributed by atoms with Crippen molar-refractivity contribution < 1.29 is 4.42 Å². The van der Waals surface area contributed by atoms with Crippen LogP contribution < -0.4 is 5.32 Å². The average molecular weight is 269 g/mol. The molecule has 1 aromatic carbocycles. The molecule has 0 saturated carbocycles. The zero-order valence-electron chi connectivity index (χ0n) is 11.8. The Bertz CT molecular complexity index is 570. The average Bonchev–Trinajstić information content (AvgIpc) is 2.97. The Kier molecular flexibility index (Phi) is 4.94. The maximum Gasteiger partial charge on any atom is 0.122 e. The van der Waals surface area contributed by atoms with E-state index in [1.54, 1.807) is 6.26 Å². The number of likely N-dealkylation sites (N-methyl/N-ethyl adjacent to an activating group) is 1. The van der Waals surface area contributed by atoms with Crippen LogP contribution in [0.15, 0.2) is 47.1 Å². The molecule has 1 heterocycles. The molecule has 4 heteroatoms. The van der Waals surface area contributed by atoms with Gasteiger partial charge in [0.2, 0.25) is 0 Å². The lowest BCUT2D eigenvalue weighted by Crippen LogP contribution is -2.30. The van der Waals surface area contributed by atoms with Crippen molar-refractivity contribution in [3.8, 4) is 6.07 Å². The Morgan fingerprint density at radius 1 is 1.25 bits per heavy atom. The van der Waals surface area contributed by atoms with Crippen molar-refractivity contribution in [1.29, 1.82) is 5.26 Å². The molecule has 0 amide bonds. The predicted molar refractivity (Wildman–Crippen MR) is 78.0 cm³/mol. The molecular weight excluding hydrogens is 250 g/mol. The minimum Gasteiger partial charge on any atom is -0.468 e. The molecule has 1 aromatic heterocycles. The van der Waals surface area contributed by atoms with Crippen molar-refractivity contribution in [3.05, 3.63) is 59.5 Å². The van der Waals surface area contributed by atoms with Crippen molar-refractivity contribution >= 4 is 0 Å². The Labute approximate surface area is 119 Å². The second-order valence-corrected chi connectivity index (χ2v) is 4.89. The molecule has 0 aliphatic heterocycles. The molecule has 0 aliphatic rings. The second kappa shape index (κ2) is 6.90. The molecule has 1 atom stereocenters. The molecule has 1 N–H and O–H groups in total. The summed E-state index contributed by atoms with van der Waals surface area (Å²) in [4.78, 5) is 2.11. The van der Waals surface area contributed by atoms with Crippen LogP contribution in [0.25, 0.3) is 0 Å². The standard InChI is InChI=1S/C16H19N3O/c1-19(2)15(16-8-5-9-20-16)12-18-11-14-7-4-3-6-13(14)10-17/h3-9,15,18H,11-12H2,1-2H3. The lowest BCUT2D eigenvalue weighted by molar-refractivity contribution is 0.250. The molecule has 104 valence electrons. The van der Waals surface area contributed by atoms with E-state index < -0.39 is 0 Å². The molecule has 2 rings (SSSR count). The van der Waals surface area contributed by atoms with Gasteiger partial charge in [0.1, 0.15) is 5.76 Å². The molecule has 0 spiro atoms. The van der Waals surface area contributed by atoms with Crippen LogP contribution in [0.1, 0.15) is 22.9 Å². The van der Waals surface area contributed by atoms with E-state index in [4.69, 9.17) is 9.68 Å². The van der Waals surface area contributed by atoms with Crippen LogP contribution >= 0.6 is 0 Å². The van der Waals surface area contributed by atoms with Crippen LogP contribution in [0.4, 0.5) is 0 Å². The third kappa shape index (κ3) is 3.47. The zero-order chi connectivity index (χ0) is 14.4. The molecular formula is C16H19N3O. The fraction of sp³-hybridized carbons (Fsp3) is 0.312. The highest BCUT2D eigenvalue weighted by atomic mass is 16.3. The van der Waals surface area contributed by atoms with E-state index in [0.717, 1.165) is 23.4 Å². The Balaban J connectivity index is 1.96. The summed E-state index contributed by atoms with van der Waals surface area (Å²) in [5, 5.41) is 12.5. The summed E-state index contributed by atoms with van der Waals surface area (Å²) in [7, 11) is 4.05. The highest BCUT2D eigenvalue weighted by molar-refractivity contribution is 5.37. The summed E-state index contributed by atoms with van der Waals surface area (Å²) in [6.45, 7) is 1.44. The largest absolute Gasteiger partial charge is 0.468 e. The Morgan fingerprint density at radius 2 is 2.05 bits per heavy atom. The SMILES string of the molecule is CN(C)C(CNCc1ccccc1C#N)c1ccco1. The van der Waals surface area contributed by atoms with Gasteiger partial charge in [-0.2, -0.15) is 5.26 Å². The van der Waals surface area contributed by atoms with Gasteiger partial charge in [0.05, 0.1) is 23.9 Å². The maximum absolute atomic E-state index is 9.06. The van der Waals surface area contributed by atoms with Gasteiger partial charge in [-0.15, -0.1) is 0 Å². The number of nitriles is 1. The third-order valence-electron chi connectivity index (χ3n) is 3.29. The van der Waals surface area contributed by atoms with Gasteiger partial charge in [-0.1, -0.05) is 18.2 Å². The number of furan rings is 1. The first kappa shape index (κ1) is 14.3. The summed E-state index contributed by atoms with van der Waals surface area (Å²) in [5.74, 6) is 0.941. The molecule has 2 aromatic rings. The van der Waals surface area contributed by atoms with E-state index in [1.807, 2.05) is 50.5 Å². The normalized spacial score (nSPS) is 12.3. The van der Waals surface area contributed by atoms with Crippen molar-refractivity contribution in [3.63, 3.8) is 0 Å². The fourth-order valence-electron chi connectivity index (χ4n) is 2.15. The number of hydrogen-bond donors (Lipinski definition) is 1. The van der Waals surface area contributed by atoms with Crippen molar-refractivity contribution in [1.82, 2.24) is 10.2 Å². The van der Waals surface area contributed by atoms with E-state index in [9.17, 15) is 0 Å². The van der Waals surface area contributed by atoms with Gasteiger partial charge in [0.25, 0.3) is 0 Å². The summed E-state index contributed by atoms with van der Waals surface area (Å²) in [5.41, 5.74) is 1.74. The molecule has 20 heavy (non-hydrogen) atoms. The number of nitrogens with one attached hydrogen (secondary N) is 1. The fourth-order valence-corrected chi connectivity index (χ4v) is 2.15. The maximum atomic E-state index is 9.06. The Hall–Kier alpha value is -2.09. The van der Waals surface area contributed by atoms with Crippen LogP contribution in [0.3, 0.4) is 0 Å². The number of benzene rings is 1. The van der Waals surface area contributed by atoms with Crippen LogP contribution in [0.5, 0.6) is 0 Å². The summed E-state index contributed by atoms with van der Waals surface area (Å²) >= 11 is 0. The van der Waals surface area contributed by atoms with E-state index in [2.05, 4.69) is 16.3 Å². The van der Waals surface area contributed by atoms with Gasteiger partial charge in [-0.05, 0) is 37.9 Å². The highest BCUT2D eigenvalue weighted by Crippen LogP contribution is 2.17. The first-order valence-corrected chi connectivity index (χ1v) is 6.61. The highest BCUT2D eigenvalue weighted by Gasteiger charge is 2.16. The molecule has 0 fully saturated rings. The Morgan fingerprint density at radius 3 is 2.70 bits per heavy atom. The first-order valence-electron chi connectivity index (χ1n) is 6.61. The minimum absolute atomic E-state index is 0.180. The quantitative estimate of drug-likeness (QED) is 0.875. The van der Waals surface area contributed by atoms with Gasteiger partial charge in [-0.25, -0.2) is 0 Å². The smallest absolute Gasteiger partial charge is 0.122 e. The molecule has 0 aliphatic carbocycles. The van der Waals surface area contributed by atoms with Gasteiger partial charge in [0, 0.05) is 13.1 Å². The summed E-state index contributed by atoms with van der Waals surface area (Å²) < 4.78 is 5.47. The van der Waals surface area contributed by atoms with E-state index >= 15 is 0 Å². The van der Waals surface area contributed by atoms with Crippen LogP contribution in [0.2, 0.25) is 0 Å². The van der Waals surface area contributed by atoms with Gasteiger partial charge in [0.15, 0.2) is 0 Å². The van der Waals surface area contributed by atoms with Crippen LogP contribution in [-0.4, -0.2) is 25.5 Å². The molecule has 0 bridgehead atoms. The number of nitrogens with zero attached hydrogens (tertiary/aromatic N) is 2. The van der Waals surface area contributed by atoms with Gasteiger partial charge in [-0.3, -0.25) is 4.90 Å². The summed E-state index contributed by atoms with van der Waals surface area (Å²) in [6.07, 6.45) is 1.69. The first-order chi connectivity index (χ1) is 9.72. The number of rotatable bonds is 6. The lowest BCUT2D eigenvalue weighted by atomic mass is 10.1. The zero-order valence-corrected chi connectivity index (χ0v) is 11.8. The van der Waals surface area contributed by atoms with E-state index in [1.165, 1.54) is 0 Å². The van der Waals surface area contributed by atoms with Gasteiger partial charge >= 0.3 is 0 Å². The molecule has 0 saturated heterocycles. The monoisotopic (exact) mass is 269 g/mol. The van der Waals surface area contributed by atoms with Crippen molar-refractivity contribution in [2.75, 3.05) is 20.6 Å². The van der Waals surface area contributed by atoms with Crippen molar-refractivity contribution in [2.45, 2.75) is 12.6 Å². The molecule has 4 nitrogen and oxygen atoms in total. The van der Waals surface area contributed by atoms with Crippen molar-refractivity contribution in [2.24, 2.45) is 0 Å². The van der Waals surface area contributed by atoms with E-state index in [-0.39, 0.29) is 6.04 Å². The van der Waals surface area contributed by atoms with Crippen LogP contribution in [0, 0.1) is 11.3 Å². The molecule has 1 unspecified atom stereocenters. The van der Waals surface area contributed by atoms with Crippen LogP contribution in [-0.2, 0) is 6.54 Å². The second-order valence-electron chi connectivity index (χ2n) is 4.89.